The van der Waals surface area contributed by atoms with Gasteiger partial charge in [0.1, 0.15) is 5.75 Å². The van der Waals surface area contributed by atoms with Crippen LogP contribution in [0.25, 0.3) is 0 Å². The van der Waals surface area contributed by atoms with Gasteiger partial charge in [0.15, 0.2) is 0 Å². The van der Waals surface area contributed by atoms with E-state index in [2.05, 4.69) is 48.9 Å². The van der Waals surface area contributed by atoms with Crippen molar-refractivity contribution in [3.8, 4) is 5.75 Å². The molecule has 0 saturated carbocycles. The molecule has 1 N–H and O–H groups in total. The highest BCUT2D eigenvalue weighted by Crippen LogP contribution is 2.43. The Morgan fingerprint density at radius 1 is 1.32 bits per heavy atom. The lowest BCUT2D eigenvalue weighted by Crippen LogP contribution is -2.27. The van der Waals surface area contributed by atoms with Gasteiger partial charge in [-0.3, -0.25) is 0 Å². The van der Waals surface area contributed by atoms with Crippen LogP contribution >= 0.6 is 11.3 Å². The normalized spacial score (nSPS) is 19.6. The maximum atomic E-state index is 5.77. The number of para-hydroxylation sites is 1. The SMILES string of the molecule is CNC(c1sccc1C)C1CCOc2ccccc21. The Morgan fingerprint density at radius 3 is 2.89 bits per heavy atom. The third-order valence-corrected chi connectivity index (χ3v) is 5.00. The summed E-state index contributed by atoms with van der Waals surface area (Å²) in [5, 5.41) is 5.69. The minimum Gasteiger partial charge on any atom is -0.493 e. The maximum Gasteiger partial charge on any atom is 0.122 e. The van der Waals surface area contributed by atoms with E-state index in [0.717, 1.165) is 18.8 Å². The molecule has 1 aromatic carbocycles. The van der Waals surface area contributed by atoms with Crippen LogP contribution in [0.1, 0.15) is 34.4 Å². The third kappa shape index (κ3) is 2.28. The van der Waals surface area contributed by atoms with E-state index in [1.165, 1.54) is 16.0 Å². The van der Waals surface area contributed by atoms with Gasteiger partial charge in [0.05, 0.1) is 6.61 Å². The molecule has 2 nitrogen and oxygen atoms in total. The van der Waals surface area contributed by atoms with Gasteiger partial charge in [0, 0.05) is 16.8 Å². The van der Waals surface area contributed by atoms with Gasteiger partial charge in [-0.15, -0.1) is 11.3 Å². The standard InChI is InChI=1S/C16H19NOS/c1-11-8-10-19-16(11)15(17-2)13-7-9-18-14-6-4-3-5-12(13)14/h3-6,8,10,13,15,17H,7,9H2,1-2H3. The first-order valence-electron chi connectivity index (χ1n) is 6.74. The van der Waals surface area contributed by atoms with E-state index in [1.807, 2.05) is 17.4 Å². The molecule has 2 aromatic rings. The van der Waals surface area contributed by atoms with Crippen LogP contribution in [0.5, 0.6) is 5.75 Å². The van der Waals surface area contributed by atoms with E-state index < -0.39 is 0 Å². The molecule has 1 aliphatic heterocycles. The van der Waals surface area contributed by atoms with Gasteiger partial charge in [0.2, 0.25) is 0 Å². The zero-order valence-electron chi connectivity index (χ0n) is 11.3. The average Bonchev–Trinajstić information content (AvgIpc) is 2.86. The second kappa shape index (κ2) is 5.35. The molecule has 2 atom stereocenters. The smallest absolute Gasteiger partial charge is 0.122 e. The lowest BCUT2D eigenvalue weighted by Gasteiger charge is -2.32. The number of nitrogens with one attached hydrogen (secondary N) is 1. The molecule has 3 heteroatoms. The van der Waals surface area contributed by atoms with Crippen LogP contribution in [0.3, 0.4) is 0 Å². The summed E-state index contributed by atoms with van der Waals surface area (Å²) in [5.74, 6) is 1.54. The molecule has 0 aliphatic carbocycles. The minimum atomic E-state index is 0.380. The number of thiophene rings is 1. The molecule has 2 unspecified atom stereocenters. The Balaban J connectivity index is 2.00. The van der Waals surface area contributed by atoms with Gasteiger partial charge in [-0.05, 0) is 49.0 Å². The number of benzene rings is 1. The Hall–Kier alpha value is -1.32. The fraction of sp³-hybridized carbons (Fsp3) is 0.375. The average molecular weight is 273 g/mol. The number of ether oxygens (including phenoxy) is 1. The second-order valence-electron chi connectivity index (χ2n) is 5.02. The Kier molecular flexibility index (Phi) is 3.58. The van der Waals surface area contributed by atoms with Crippen molar-refractivity contribution in [2.24, 2.45) is 0 Å². The number of aryl methyl sites for hydroxylation is 1. The molecule has 0 saturated heterocycles. The molecule has 1 aliphatic rings. The van der Waals surface area contributed by atoms with E-state index in [0.29, 0.717) is 12.0 Å². The Morgan fingerprint density at radius 2 is 2.16 bits per heavy atom. The Bertz CT molecular complexity index is 563. The van der Waals surface area contributed by atoms with Crippen molar-refractivity contribution in [2.75, 3.05) is 13.7 Å². The largest absolute Gasteiger partial charge is 0.493 e. The van der Waals surface area contributed by atoms with Crippen LogP contribution in [-0.4, -0.2) is 13.7 Å². The molecule has 19 heavy (non-hydrogen) atoms. The summed E-state index contributed by atoms with van der Waals surface area (Å²) in [5.41, 5.74) is 2.72. The zero-order chi connectivity index (χ0) is 13.2. The lowest BCUT2D eigenvalue weighted by atomic mass is 9.85. The van der Waals surface area contributed by atoms with Crippen LogP contribution < -0.4 is 10.1 Å². The fourth-order valence-electron chi connectivity index (χ4n) is 2.93. The zero-order valence-corrected chi connectivity index (χ0v) is 12.2. The molecule has 0 bridgehead atoms. The second-order valence-corrected chi connectivity index (χ2v) is 5.96. The van der Waals surface area contributed by atoms with Crippen LogP contribution in [0.15, 0.2) is 35.7 Å². The molecule has 100 valence electrons. The van der Waals surface area contributed by atoms with Crippen molar-refractivity contribution in [3.63, 3.8) is 0 Å². The highest BCUT2D eigenvalue weighted by atomic mass is 32.1. The van der Waals surface area contributed by atoms with Gasteiger partial charge < -0.3 is 10.1 Å². The lowest BCUT2D eigenvalue weighted by molar-refractivity contribution is 0.249. The maximum absolute atomic E-state index is 5.77. The van der Waals surface area contributed by atoms with E-state index in [4.69, 9.17) is 4.74 Å². The van der Waals surface area contributed by atoms with E-state index in [1.54, 1.807) is 0 Å². The fourth-order valence-corrected chi connectivity index (χ4v) is 4.04. The highest BCUT2D eigenvalue weighted by molar-refractivity contribution is 7.10. The molecule has 2 heterocycles. The predicted octanol–water partition coefficient (Wildman–Crippen LogP) is 3.88. The Labute approximate surface area is 118 Å². The van der Waals surface area contributed by atoms with Crippen molar-refractivity contribution in [2.45, 2.75) is 25.3 Å². The molecule has 0 amide bonds. The first kappa shape index (κ1) is 12.7. The predicted molar refractivity (Wildman–Crippen MR) is 80.2 cm³/mol. The van der Waals surface area contributed by atoms with Gasteiger partial charge in [-0.1, -0.05) is 18.2 Å². The molecule has 0 radical (unpaired) electrons. The summed E-state index contributed by atoms with van der Waals surface area (Å²) >= 11 is 1.85. The van der Waals surface area contributed by atoms with Crippen LogP contribution in [0.2, 0.25) is 0 Å². The van der Waals surface area contributed by atoms with Gasteiger partial charge in [-0.2, -0.15) is 0 Å². The van der Waals surface area contributed by atoms with Crippen molar-refractivity contribution < 1.29 is 4.74 Å². The molecular weight excluding hydrogens is 254 g/mol. The molecule has 3 rings (SSSR count). The summed E-state index contributed by atoms with van der Waals surface area (Å²) in [6.45, 7) is 3.01. The number of likely N-dealkylation sites (N-methyl/N-ethyl adjacent to an activating group) is 1. The summed E-state index contributed by atoms with van der Waals surface area (Å²) in [7, 11) is 2.06. The molecular formula is C16H19NOS. The highest BCUT2D eigenvalue weighted by Gasteiger charge is 2.30. The summed E-state index contributed by atoms with van der Waals surface area (Å²) in [4.78, 5) is 1.45. The van der Waals surface area contributed by atoms with E-state index in [-0.39, 0.29) is 0 Å². The van der Waals surface area contributed by atoms with Crippen molar-refractivity contribution in [3.05, 3.63) is 51.7 Å². The number of hydrogen-bond donors (Lipinski definition) is 1. The topological polar surface area (TPSA) is 21.3 Å². The number of fused-ring (bicyclic) bond motifs is 1. The van der Waals surface area contributed by atoms with Gasteiger partial charge >= 0.3 is 0 Å². The monoisotopic (exact) mass is 273 g/mol. The van der Waals surface area contributed by atoms with Gasteiger partial charge in [-0.25, -0.2) is 0 Å². The third-order valence-electron chi connectivity index (χ3n) is 3.90. The summed E-state index contributed by atoms with van der Waals surface area (Å²) in [6, 6.07) is 11.0. The molecule has 1 aromatic heterocycles. The number of rotatable bonds is 3. The summed E-state index contributed by atoms with van der Waals surface area (Å²) < 4.78 is 5.77. The minimum absolute atomic E-state index is 0.380. The molecule has 0 fully saturated rings. The number of hydrogen-bond acceptors (Lipinski definition) is 3. The molecule has 0 spiro atoms. The van der Waals surface area contributed by atoms with Crippen molar-refractivity contribution in [1.82, 2.24) is 5.32 Å². The van der Waals surface area contributed by atoms with Gasteiger partial charge in [0.25, 0.3) is 0 Å². The quantitative estimate of drug-likeness (QED) is 0.916. The van der Waals surface area contributed by atoms with E-state index in [9.17, 15) is 0 Å². The van der Waals surface area contributed by atoms with Crippen molar-refractivity contribution >= 4 is 11.3 Å². The summed E-state index contributed by atoms with van der Waals surface area (Å²) in [6.07, 6.45) is 1.07. The van der Waals surface area contributed by atoms with Crippen LogP contribution in [0.4, 0.5) is 0 Å². The first-order chi connectivity index (χ1) is 9.31. The van der Waals surface area contributed by atoms with Crippen molar-refractivity contribution in [1.29, 1.82) is 0 Å². The van der Waals surface area contributed by atoms with E-state index >= 15 is 0 Å². The van der Waals surface area contributed by atoms with Crippen LogP contribution in [0, 0.1) is 6.92 Å². The van der Waals surface area contributed by atoms with Crippen LogP contribution in [-0.2, 0) is 0 Å². The first-order valence-corrected chi connectivity index (χ1v) is 7.62.